The lowest BCUT2D eigenvalue weighted by atomic mass is 10.2. The third-order valence-corrected chi connectivity index (χ3v) is 4.99. The molecule has 1 N–H and O–H groups in total. The Bertz CT molecular complexity index is 323. The quantitative estimate of drug-likeness (QED) is 0.903. The Balaban J connectivity index is 1.96. The molecule has 0 amide bonds. The van der Waals surface area contributed by atoms with Crippen molar-refractivity contribution in [2.45, 2.75) is 19.5 Å². The van der Waals surface area contributed by atoms with Gasteiger partial charge in [-0.1, -0.05) is 11.6 Å². The normalized spacial score (nSPS) is 23.3. The maximum atomic E-state index is 6.02. The second-order valence-electron chi connectivity index (χ2n) is 3.92. The first kappa shape index (κ1) is 11.9. The van der Waals surface area contributed by atoms with Crippen molar-refractivity contribution in [2.75, 3.05) is 19.6 Å². The number of halogens is 2. The monoisotopic (exact) mass is 308 g/mol. The van der Waals surface area contributed by atoms with Gasteiger partial charge in [0.05, 0.1) is 0 Å². The Morgan fingerprint density at radius 2 is 2.53 bits per heavy atom. The van der Waals surface area contributed by atoms with Crippen molar-refractivity contribution in [3.05, 3.63) is 19.8 Å². The van der Waals surface area contributed by atoms with Gasteiger partial charge in [-0.2, -0.15) is 0 Å². The van der Waals surface area contributed by atoms with Gasteiger partial charge in [0.15, 0.2) is 0 Å². The highest BCUT2D eigenvalue weighted by atomic mass is 79.9. The van der Waals surface area contributed by atoms with E-state index in [1.54, 1.807) is 11.3 Å². The standard InChI is InChI=1S/C10H14BrClN2S/c1-7-5-14(3-2-13-7)6-8-4-9(11)10(12)15-8/h4,7,13H,2-3,5-6H2,1H3/t7-/m1/s1. The second-order valence-corrected chi connectivity index (χ2v) is 6.52. The van der Waals surface area contributed by atoms with Crippen LogP contribution in [0.4, 0.5) is 0 Å². The third kappa shape index (κ3) is 3.17. The maximum absolute atomic E-state index is 6.02. The molecule has 2 nitrogen and oxygen atoms in total. The molecule has 0 unspecified atom stereocenters. The Labute approximate surface area is 108 Å². The van der Waals surface area contributed by atoms with Crippen molar-refractivity contribution in [1.29, 1.82) is 0 Å². The van der Waals surface area contributed by atoms with Crippen molar-refractivity contribution >= 4 is 38.9 Å². The predicted octanol–water partition coefficient (Wildman–Crippen LogP) is 2.96. The zero-order valence-electron chi connectivity index (χ0n) is 8.59. The van der Waals surface area contributed by atoms with E-state index >= 15 is 0 Å². The van der Waals surface area contributed by atoms with E-state index in [1.165, 1.54) is 4.88 Å². The van der Waals surface area contributed by atoms with Crippen LogP contribution in [0.2, 0.25) is 4.34 Å². The van der Waals surface area contributed by atoms with Crippen molar-refractivity contribution in [3.8, 4) is 0 Å². The number of thiophene rings is 1. The molecular formula is C10H14BrClN2S. The van der Waals surface area contributed by atoms with Crippen LogP contribution < -0.4 is 5.32 Å². The first-order valence-corrected chi connectivity index (χ1v) is 7.03. The fraction of sp³-hybridized carbons (Fsp3) is 0.600. The van der Waals surface area contributed by atoms with Gasteiger partial charge in [0.2, 0.25) is 0 Å². The minimum absolute atomic E-state index is 0.595. The second kappa shape index (κ2) is 5.15. The summed E-state index contributed by atoms with van der Waals surface area (Å²) in [5.74, 6) is 0. The van der Waals surface area contributed by atoms with Gasteiger partial charge in [-0.25, -0.2) is 0 Å². The summed E-state index contributed by atoms with van der Waals surface area (Å²) >= 11 is 11.1. The summed E-state index contributed by atoms with van der Waals surface area (Å²) < 4.78 is 1.88. The van der Waals surface area contributed by atoms with Gasteiger partial charge in [0, 0.05) is 41.6 Å². The van der Waals surface area contributed by atoms with Gasteiger partial charge in [-0.3, -0.25) is 4.90 Å². The number of nitrogens with one attached hydrogen (secondary N) is 1. The Morgan fingerprint density at radius 1 is 1.73 bits per heavy atom. The molecule has 0 aromatic carbocycles. The number of hydrogen-bond acceptors (Lipinski definition) is 3. The number of nitrogens with zero attached hydrogens (tertiary/aromatic N) is 1. The van der Waals surface area contributed by atoms with Gasteiger partial charge in [0.25, 0.3) is 0 Å². The van der Waals surface area contributed by atoms with Gasteiger partial charge in [-0.15, -0.1) is 11.3 Å². The molecule has 1 atom stereocenters. The van der Waals surface area contributed by atoms with Gasteiger partial charge < -0.3 is 5.32 Å². The molecule has 84 valence electrons. The lowest BCUT2D eigenvalue weighted by Gasteiger charge is -2.31. The first-order valence-electron chi connectivity index (χ1n) is 5.04. The third-order valence-electron chi connectivity index (χ3n) is 2.53. The molecule has 1 aromatic heterocycles. The summed E-state index contributed by atoms with van der Waals surface area (Å²) in [4.78, 5) is 3.80. The van der Waals surface area contributed by atoms with Crippen molar-refractivity contribution in [2.24, 2.45) is 0 Å². The van der Waals surface area contributed by atoms with E-state index in [4.69, 9.17) is 11.6 Å². The van der Waals surface area contributed by atoms with E-state index in [9.17, 15) is 0 Å². The van der Waals surface area contributed by atoms with Crippen LogP contribution in [0.25, 0.3) is 0 Å². The van der Waals surface area contributed by atoms with E-state index in [0.717, 1.165) is 35.0 Å². The Morgan fingerprint density at radius 3 is 3.13 bits per heavy atom. The highest BCUT2D eigenvalue weighted by Gasteiger charge is 2.16. The Hall–Kier alpha value is 0.390. The van der Waals surface area contributed by atoms with Crippen molar-refractivity contribution in [3.63, 3.8) is 0 Å². The first-order chi connectivity index (χ1) is 7.15. The molecule has 2 heterocycles. The van der Waals surface area contributed by atoms with Crippen LogP contribution in [0.1, 0.15) is 11.8 Å². The van der Waals surface area contributed by atoms with E-state index in [2.05, 4.69) is 39.1 Å². The average molecular weight is 310 g/mol. The number of rotatable bonds is 2. The van der Waals surface area contributed by atoms with E-state index in [-0.39, 0.29) is 0 Å². The van der Waals surface area contributed by atoms with Crippen LogP contribution in [-0.4, -0.2) is 30.6 Å². The maximum Gasteiger partial charge on any atom is 0.107 e. The molecule has 1 saturated heterocycles. The molecule has 1 aliphatic rings. The van der Waals surface area contributed by atoms with Crippen molar-refractivity contribution < 1.29 is 0 Å². The van der Waals surface area contributed by atoms with Crippen LogP contribution >= 0.6 is 38.9 Å². The number of piperazine rings is 1. The molecule has 15 heavy (non-hydrogen) atoms. The fourth-order valence-corrected chi connectivity index (χ4v) is 3.68. The van der Waals surface area contributed by atoms with Gasteiger partial charge >= 0.3 is 0 Å². The van der Waals surface area contributed by atoms with Gasteiger partial charge in [0.1, 0.15) is 4.34 Å². The van der Waals surface area contributed by atoms with Crippen LogP contribution in [0, 0.1) is 0 Å². The SMILES string of the molecule is C[C@@H]1CN(Cc2cc(Br)c(Cl)s2)CCN1. The van der Waals surface area contributed by atoms with Crippen LogP contribution in [0.15, 0.2) is 10.5 Å². The molecule has 5 heteroatoms. The highest BCUT2D eigenvalue weighted by molar-refractivity contribution is 9.10. The zero-order valence-corrected chi connectivity index (χ0v) is 11.8. The van der Waals surface area contributed by atoms with Crippen LogP contribution in [-0.2, 0) is 6.54 Å². The Kier molecular flexibility index (Phi) is 4.07. The highest BCUT2D eigenvalue weighted by Crippen LogP contribution is 2.32. The van der Waals surface area contributed by atoms with E-state index in [0.29, 0.717) is 6.04 Å². The molecule has 0 spiro atoms. The van der Waals surface area contributed by atoms with Gasteiger partial charge in [-0.05, 0) is 28.9 Å². The minimum Gasteiger partial charge on any atom is -0.312 e. The van der Waals surface area contributed by atoms with E-state index < -0.39 is 0 Å². The molecule has 0 bridgehead atoms. The molecular weight excluding hydrogens is 296 g/mol. The van der Waals surface area contributed by atoms with Crippen LogP contribution in [0.5, 0.6) is 0 Å². The van der Waals surface area contributed by atoms with Crippen molar-refractivity contribution in [1.82, 2.24) is 10.2 Å². The molecule has 0 aliphatic carbocycles. The predicted molar refractivity (Wildman–Crippen MR) is 69.8 cm³/mol. The lowest BCUT2D eigenvalue weighted by Crippen LogP contribution is -2.48. The summed E-state index contributed by atoms with van der Waals surface area (Å²) in [6.07, 6.45) is 0. The topological polar surface area (TPSA) is 15.3 Å². The fourth-order valence-electron chi connectivity index (χ4n) is 1.85. The zero-order chi connectivity index (χ0) is 10.8. The van der Waals surface area contributed by atoms with Crippen LogP contribution in [0.3, 0.4) is 0 Å². The summed E-state index contributed by atoms with van der Waals surface area (Å²) in [6.45, 7) is 6.57. The average Bonchev–Trinajstić information content (AvgIpc) is 2.45. The largest absolute Gasteiger partial charge is 0.312 e. The minimum atomic E-state index is 0.595. The summed E-state index contributed by atoms with van der Waals surface area (Å²) in [6, 6.07) is 2.72. The summed E-state index contributed by atoms with van der Waals surface area (Å²) in [5, 5.41) is 3.44. The molecule has 1 aromatic rings. The number of hydrogen-bond donors (Lipinski definition) is 1. The smallest absolute Gasteiger partial charge is 0.107 e. The molecule has 2 rings (SSSR count). The van der Waals surface area contributed by atoms with E-state index in [1.807, 2.05) is 0 Å². The molecule has 0 radical (unpaired) electrons. The summed E-state index contributed by atoms with van der Waals surface area (Å²) in [5.41, 5.74) is 0. The molecule has 1 aliphatic heterocycles. The molecule has 0 saturated carbocycles. The molecule has 1 fully saturated rings. The summed E-state index contributed by atoms with van der Waals surface area (Å²) in [7, 11) is 0. The lowest BCUT2D eigenvalue weighted by molar-refractivity contribution is 0.201.